The predicted octanol–water partition coefficient (Wildman–Crippen LogP) is 2.46. The number of carbonyl (C=O) groups excluding carboxylic acids is 1. The Bertz CT molecular complexity index is 937. The number of benzene rings is 1. The number of nitrogens with one attached hydrogen (secondary N) is 1. The minimum absolute atomic E-state index is 0.0906. The summed E-state index contributed by atoms with van der Waals surface area (Å²) in [6.07, 6.45) is 2.92. The van der Waals surface area contributed by atoms with E-state index in [1.54, 1.807) is 12.3 Å². The summed E-state index contributed by atoms with van der Waals surface area (Å²) in [6, 6.07) is 9.84. The number of nitrogens with zero attached hydrogens (tertiary/aromatic N) is 2. The van der Waals surface area contributed by atoms with Crippen molar-refractivity contribution in [2.24, 2.45) is 5.92 Å². The molecule has 28 heavy (non-hydrogen) atoms. The molecule has 2 heterocycles. The van der Waals surface area contributed by atoms with Crippen LogP contribution < -0.4 is 10.1 Å². The molecule has 0 spiro atoms. The molecule has 0 saturated carbocycles. The Hall–Kier alpha value is -2.16. The van der Waals surface area contributed by atoms with Crippen molar-refractivity contribution in [1.29, 1.82) is 0 Å². The highest BCUT2D eigenvalue weighted by atomic mass is 35.5. The lowest BCUT2D eigenvalue weighted by atomic mass is 9.99. The Morgan fingerprint density at radius 3 is 2.86 bits per heavy atom. The van der Waals surface area contributed by atoms with E-state index in [0.717, 1.165) is 5.69 Å². The third-order valence-electron chi connectivity index (χ3n) is 4.69. The molecular formula is C19H22ClN3O4S. The number of hydrogen-bond donors (Lipinski definition) is 1. The van der Waals surface area contributed by atoms with Crippen LogP contribution in [0.1, 0.15) is 18.5 Å². The Labute approximate surface area is 169 Å². The molecule has 1 N–H and O–H groups in total. The summed E-state index contributed by atoms with van der Waals surface area (Å²) < 4.78 is 32.4. The van der Waals surface area contributed by atoms with E-state index in [2.05, 4.69) is 10.3 Å². The molecule has 0 aliphatic carbocycles. The fourth-order valence-electron chi connectivity index (χ4n) is 3.16. The number of aromatic nitrogens is 1. The number of ether oxygens (including phenoxy) is 1. The first-order valence-corrected chi connectivity index (χ1v) is 10.7. The van der Waals surface area contributed by atoms with Crippen LogP contribution in [0.3, 0.4) is 0 Å². The van der Waals surface area contributed by atoms with Crippen molar-refractivity contribution in [2.45, 2.75) is 24.3 Å². The van der Waals surface area contributed by atoms with Crippen LogP contribution in [0.4, 0.5) is 0 Å². The number of amides is 1. The van der Waals surface area contributed by atoms with Gasteiger partial charge in [-0.15, -0.1) is 0 Å². The first-order chi connectivity index (χ1) is 13.4. The van der Waals surface area contributed by atoms with Crippen molar-refractivity contribution in [3.63, 3.8) is 0 Å². The highest BCUT2D eigenvalue weighted by molar-refractivity contribution is 7.89. The van der Waals surface area contributed by atoms with Gasteiger partial charge in [0.05, 0.1) is 35.2 Å². The fourth-order valence-corrected chi connectivity index (χ4v) is 5.03. The van der Waals surface area contributed by atoms with Crippen molar-refractivity contribution >= 4 is 27.5 Å². The van der Waals surface area contributed by atoms with Gasteiger partial charge in [0.1, 0.15) is 5.75 Å². The van der Waals surface area contributed by atoms with Gasteiger partial charge in [0.15, 0.2) is 0 Å². The van der Waals surface area contributed by atoms with Crippen molar-refractivity contribution < 1.29 is 17.9 Å². The second-order valence-electron chi connectivity index (χ2n) is 6.54. The van der Waals surface area contributed by atoms with Crippen LogP contribution in [0.5, 0.6) is 5.75 Å². The Kier molecular flexibility index (Phi) is 6.53. The summed E-state index contributed by atoms with van der Waals surface area (Å²) in [6.45, 7) is 0.826. The van der Waals surface area contributed by atoms with E-state index in [9.17, 15) is 13.2 Å². The molecule has 1 aliphatic rings. The molecule has 9 heteroatoms. The van der Waals surface area contributed by atoms with E-state index in [0.29, 0.717) is 31.7 Å². The Morgan fingerprint density at radius 2 is 2.18 bits per heavy atom. The average molecular weight is 424 g/mol. The molecular weight excluding hydrogens is 402 g/mol. The molecule has 0 radical (unpaired) electrons. The topological polar surface area (TPSA) is 88.6 Å². The van der Waals surface area contributed by atoms with Crippen LogP contribution in [0, 0.1) is 5.92 Å². The van der Waals surface area contributed by atoms with Gasteiger partial charge < -0.3 is 10.1 Å². The van der Waals surface area contributed by atoms with Crippen molar-refractivity contribution in [1.82, 2.24) is 14.6 Å². The molecule has 1 atom stereocenters. The standard InChI is InChI=1S/C19H22ClN3O4S/c1-27-18-8-7-16(11-17(18)20)28(25,26)23-10-4-5-14(13-23)19(24)22-12-15-6-2-3-9-21-15/h2-3,6-9,11,14H,4-5,10,12-13H2,1H3,(H,22,24)/t14-/m0/s1. The first-order valence-electron chi connectivity index (χ1n) is 8.93. The largest absolute Gasteiger partial charge is 0.495 e. The number of sulfonamides is 1. The van der Waals surface area contributed by atoms with E-state index < -0.39 is 15.9 Å². The molecule has 0 bridgehead atoms. The van der Waals surface area contributed by atoms with Gasteiger partial charge >= 0.3 is 0 Å². The number of piperidine rings is 1. The highest BCUT2D eigenvalue weighted by Gasteiger charge is 2.33. The summed E-state index contributed by atoms with van der Waals surface area (Å²) in [7, 11) is -2.28. The number of carbonyl (C=O) groups is 1. The van der Waals surface area contributed by atoms with Gasteiger partial charge in [-0.1, -0.05) is 17.7 Å². The SMILES string of the molecule is COc1ccc(S(=O)(=O)N2CCC[C@H](C(=O)NCc3ccccn3)C2)cc1Cl. The van der Waals surface area contributed by atoms with Gasteiger partial charge in [-0.25, -0.2) is 8.42 Å². The summed E-state index contributed by atoms with van der Waals surface area (Å²) >= 11 is 6.08. The molecule has 3 rings (SSSR count). The van der Waals surface area contributed by atoms with Crippen molar-refractivity contribution in [3.05, 3.63) is 53.3 Å². The molecule has 1 fully saturated rings. The zero-order valence-electron chi connectivity index (χ0n) is 15.5. The minimum atomic E-state index is -3.74. The molecule has 1 saturated heterocycles. The molecule has 7 nitrogen and oxygen atoms in total. The Balaban J connectivity index is 1.68. The summed E-state index contributed by atoms with van der Waals surface area (Å²) in [4.78, 5) is 16.8. The molecule has 0 unspecified atom stereocenters. The predicted molar refractivity (Wildman–Crippen MR) is 106 cm³/mol. The van der Waals surface area contributed by atoms with Gasteiger partial charge in [-0.2, -0.15) is 4.31 Å². The monoisotopic (exact) mass is 423 g/mol. The van der Waals surface area contributed by atoms with Crippen LogP contribution in [-0.2, 0) is 21.4 Å². The normalized spacial score (nSPS) is 17.9. The maximum absolute atomic E-state index is 13.0. The van der Waals surface area contributed by atoms with E-state index in [1.165, 1.54) is 29.6 Å². The molecule has 1 aliphatic heterocycles. The molecule has 1 aromatic heterocycles. The Morgan fingerprint density at radius 1 is 1.36 bits per heavy atom. The number of methoxy groups -OCH3 is 1. The second kappa shape index (κ2) is 8.89. The van der Waals surface area contributed by atoms with E-state index >= 15 is 0 Å². The maximum atomic E-state index is 13.0. The summed E-state index contributed by atoms with van der Waals surface area (Å²) in [5, 5.41) is 3.07. The molecule has 2 aromatic rings. The fraction of sp³-hybridized carbons (Fsp3) is 0.368. The summed E-state index contributed by atoms with van der Waals surface area (Å²) in [5.41, 5.74) is 0.754. The third-order valence-corrected chi connectivity index (χ3v) is 6.84. The summed E-state index contributed by atoms with van der Waals surface area (Å²) in [5.74, 6) is -0.162. The second-order valence-corrected chi connectivity index (χ2v) is 8.88. The lowest BCUT2D eigenvalue weighted by Crippen LogP contribution is -2.45. The van der Waals surface area contributed by atoms with Gasteiger partial charge in [-0.05, 0) is 43.2 Å². The average Bonchev–Trinajstić information content (AvgIpc) is 2.72. The van der Waals surface area contributed by atoms with Crippen molar-refractivity contribution in [2.75, 3.05) is 20.2 Å². The van der Waals surface area contributed by atoms with Crippen LogP contribution in [0.2, 0.25) is 5.02 Å². The first kappa shape index (κ1) is 20.6. The number of rotatable bonds is 6. The lowest BCUT2D eigenvalue weighted by molar-refractivity contribution is -0.126. The van der Waals surface area contributed by atoms with Crippen LogP contribution in [-0.4, -0.2) is 43.8 Å². The van der Waals surface area contributed by atoms with Gasteiger partial charge in [0.2, 0.25) is 15.9 Å². The molecule has 150 valence electrons. The number of hydrogen-bond acceptors (Lipinski definition) is 5. The highest BCUT2D eigenvalue weighted by Crippen LogP contribution is 2.30. The van der Waals surface area contributed by atoms with Crippen LogP contribution in [0.25, 0.3) is 0 Å². The minimum Gasteiger partial charge on any atom is -0.495 e. The number of halogens is 1. The van der Waals surface area contributed by atoms with E-state index in [-0.39, 0.29) is 22.4 Å². The molecule has 1 amide bonds. The zero-order valence-corrected chi connectivity index (χ0v) is 17.0. The lowest BCUT2D eigenvalue weighted by Gasteiger charge is -2.31. The maximum Gasteiger partial charge on any atom is 0.243 e. The van der Waals surface area contributed by atoms with Gasteiger partial charge in [0.25, 0.3) is 0 Å². The zero-order chi connectivity index (χ0) is 20.1. The van der Waals surface area contributed by atoms with Crippen molar-refractivity contribution in [3.8, 4) is 5.75 Å². The molecule has 1 aromatic carbocycles. The van der Waals surface area contributed by atoms with Crippen LogP contribution >= 0.6 is 11.6 Å². The van der Waals surface area contributed by atoms with E-state index in [1.807, 2.05) is 12.1 Å². The smallest absolute Gasteiger partial charge is 0.243 e. The number of pyridine rings is 1. The van der Waals surface area contributed by atoms with Gasteiger partial charge in [-0.3, -0.25) is 9.78 Å². The third kappa shape index (κ3) is 4.63. The van der Waals surface area contributed by atoms with Crippen LogP contribution in [0.15, 0.2) is 47.5 Å². The quantitative estimate of drug-likeness (QED) is 0.770. The van der Waals surface area contributed by atoms with E-state index in [4.69, 9.17) is 16.3 Å². The van der Waals surface area contributed by atoms with Gasteiger partial charge in [0, 0.05) is 19.3 Å².